The SMILES string of the molecule is CSC1(CNCCC(C)(C)C)CCC1. The van der Waals surface area contributed by atoms with Crippen LogP contribution in [-0.4, -0.2) is 24.1 Å². The van der Waals surface area contributed by atoms with Gasteiger partial charge in [0.15, 0.2) is 0 Å². The van der Waals surface area contributed by atoms with Gasteiger partial charge in [-0.3, -0.25) is 0 Å². The largest absolute Gasteiger partial charge is 0.315 e. The Morgan fingerprint density at radius 3 is 2.29 bits per heavy atom. The average molecular weight is 215 g/mol. The Morgan fingerprint density at radius 1 is 1.29 bits per heavy atom. The maximum absolute atomic E-state index is 3.61. The van der Waals surface area contributed by atoms with E-state index in [1.807, 2.05) is 0 Å². The van der Waals surface area contributed by atoms with Crippen molar-refractivity contribution >= 4 is 11.8 Å². The summed E-state index contributed by atoms with van der Waals surface area (Å²) >= 11 is 2.05. The lowest BCUT2D eigenvalue weighted by Gasteiger charge is -2.40. The molecule has 0 saturated heterocycles. The van der Waals surface area contributed by atoms with Gasteiger partial charge in [0.2, 0.25) is 0 Å². The van der Waals surface area contributed by atoms with Gasteiger partial charge in [-0.1, -0.05) is 27.2 Å². The van der Waals surface area contributed by atoms with E-state index in [9.17, 15) is 0 Å². The predicted octanol–water partition coefficient (Wildman–Crippen LogP) is 3.30. The molecule has 84 valence electrons. The van der Waals surface area contributed by atoms with Crippen LogP contribution in [0.4, 0.5) is 0 Å². The van der Waals surface area contributed by atoms with Gasteiger partial charge in [0.05, 0.1) is 0 Å². The molecule has 1 N–H and O–H groups in total. The van der Waals surface area contributed by atoms with Gasteiger partial charge in [0, 0.05) is 11.3 Å². The Labute approximate surface area is 93.4 Å². The fraction of sp³-hybridized carbons (Fsp3) is 1.00. The minimum atomic E-state index is 0.471. The lowest BCUT2D eigenvalue weighted by Crippen LogP contribution is -2.43. The lowest BCUT2D eigenvalue weighted by atomic mass is 9.84. The van der Waals surface area contributed by atoms with Crippen LogP contribution in [0.15, 0.2) is 0 Å². The smallest absolute Gasteiger partial charge is 0.0281 e. The lowest BCUT2D eigenvalue weighted by molar-refractivity contribution is 0.322. The number of hydrogen-bond acceptors (Lipinski definition) is 2. The second-order valence-corrected chi connectivity index (χ2v) is 7.00. The molecule has 14 heavy (non-hydrogen) atoms. The van der Waals surface area contributed by atoms with Crippen molar-refractivity contribution < 1.29 is 0 Å². The Hall–Kier alpha value is 0.310. The number of hydrogen-bond donors (Lipinski definition) is 1. The highest BCUT2D eigenvalue weighted by atomic mass is 32.2. The first kappa shape index (κ1) is 12.4. The molecule has 0 heterocycles. The third kappa shape index (κ3) is 3.82. The molecule has 0 atom stereocenters. The molecular formula is C12H25NS. The molecule has 0 amide bonds. The maximum Gasteiger partial charge on any atom is 0.0281 e. The highest BCUT2D eigenvalue weighted by molar-refractivity contribution is 8.00. The van der Waals surface area contributed by atoms with E-state index in [4.69, 9.17) is 0 Å². The molecule has 1 rings (SSSR count). The summed E-state index contributed by atoms with van der Waals surface area (Å²) in [6, 6.07) is 0. The fourth-order valence-corrected chi connectivity index (χ4v) is 2.75. The van der Waals surface area contributed by atoms with E-state index >= 15 is 0 Å². The number of rotatable bonds is 5. The molecule has 0 aromatic carbocycles. The second kappa shape index (κ2) is 4.89. The first-order valence-electron chi connectivity index (χ1n) is 5.73. The van der Waals surface area contributed by atoms with Gasteiger partial charge in [-0.2, -0.15) is 11.8 Å². The van der Waals surface area contributed by atoms with E-state index in [1.165, 1.54) is 38.8 Å². The van der Waals surface area contributed by atoms with E-state index in [1.54, 1.807) is 0 Å². The van der Waals surface area contributed by atoms with Gasteiger partial charge in [-0.25, -0.2) is 0 Å². The minimum Gasteiger partial charge on any atom is -0.315 e. The number of nitrogens with one attached hydrogen (secondary N) is 1. The summed E-state index contributed by atoms with van der Waals surface area (Å²) in [5.41, 5.74) is 0.471. The number of thioether (sulfide) groups is 1. The summed E-state index contributed by atoms with van der Waals surface area (Å²) in [5, 5.41) is 3.61. The summed E-state index contributed by atoms with van der Waals surface area (Å²) < 4.78 is 0.595. The molecule has 0 aliphatic heterocycles. The highest BCUT2D eigenvalue weighted by Gasteiger charge is 2.35. The summed E-state index contributed by atoms with van der Waals surface area (Å²) in [6.07, 6.45) is 7.79. The normalized spacial score (nSPS) is 20.6. The highest BCUT2D eigenvalue weighted by Crippen LogP contribution is 2.42. The zero-order valence-electron chi connectivity index (χ0n) is 10.2. The van der Waals surface area contributed by atoms with Crippen molar-refractivity contribution in [1.29, 1.82) is 0 Å². The molecule has 1 aliphatic carbocycles. The van der Waals surface area contributed by atoms with Crippen LogP contribution in [0.5, 0.6) is 0 Å². The van der Waals surface area contributed by atoms with Crippen molar-refractivity contribution in [3.8, 4) is 0 Å². The Balaban J connectivity index is 2.09. The maximum atomic E-state index is 3.61. The van der Waals surface area contributed by atoms with Crippen LogP contribution in [0.3, 0.4) is 0 Å². The van der Waals surface area contributed by atoms with Crippen molar-refractivity contribution in [3.05, 3.63) is 0 Å². The fourth-order valence-electron chi connectivity index (χ4n) is 1.80. The third-order valence-corrected chi connectivity index (χ3v) is 4.62. The van der Waals surface area contributed by atoms with Crippen LogP contribution in [-0.2, 0) is 0 Å². The van der Waals surface area contributed by atoms with Gasteiger partial charge in [-0.15, -0.1) is 0 Å². The molecular weight excluding hydrogens is 190 g/mol. The Bertz CT molecular complexity index is 162. The van der Waals surface area contributed by atoms with Crippen molar-refractivity contribution in [2.45, 2.75) is 51.2 Å². The van der Waals surface area contributed by atoms with E-state index in [2.05, 4.69) is 44.1 Å². The zero-order chi connectivity index (χ0) is 10.7. The molecule has 1 fully saturated rings. The second-order valence-electron chi connectivity index (χ2n) is 5.73. The van der Waals surface area contributed by atoms with E-state index in [0.29, 0.717) is 10.2 Å². The molecule has 0 radical (unpaired) electrons. The van der Waals surface area contributed by atoms with Crippen LogP contribution >= 0.6 is 11.8 Å². The van der Waals surface area contributed by atoms with Crippen LogP contribution in [0.2, 0.25) is 0 Å². The van der Waals surface area contributed by atoms with Crippen LogP contribution in [0.25, 0.3) is 0 Å². The van der Waals surface area contributed by atoms with E-state index < -0.39 is 0 Å². The topological polar surface area (TPSA) is 12.0 Å². The summed E-state index contributed by atoms with van der Waals surface area (Å²) in [4.78, 5) is 0. The van der Waals surface area contributed by atoms with E-state index in [-0.39, 0.29) is 0 Å². The molecule has 0 spiro atoms. The summed E-state index contributed by atoms with van der Waals surface area (Å²) in [6.45, 7) is 9.31. The molecule has 0 bridgehead atoms. The molecule has 0 aromatic heterocycles. The van der Waals surface area contributed by atoms with Crippen molar-refractivity contribution in [2.75, 3.05) is 19.3 Å². The molecule has 0 aromatic rings. The third-order valence-electron chi connectivity index (χ3n) is 3.20. The predicted molar refractivity (Wildman–Crippen MR) is 67.0 cm³/mol. The van der Waals surface area contributed by atoms with Crippen LogP contribution in [0.1, 0.15) is 46.5 Å². The van der Waals surface area contributed by atoms with Crippen molar-refractivity contribution in [1.82, 2.24) is 5.32 Å². The average Bonchev–Trinajstić information content (AvgIpc) is 2.00. The molecule has 1 aliphatic rings. The van der Waals surface area contributed by atoms with Gasteiger partial charge in [0.1, 0.15) is 0 Å². The van der Waals surface area contributed by atoms with Crippen LogP contribution < -0.4 is 5.32 Å². The summed E-state index contributed by atoms with van der Waals surface area (Å²) in [5.74, 6) is 0. The van der Waals surface area contributed by atoms with Gasteiger partial charge in [0.25, 0.3) is 0 Å². The Morgan fingerprint density at radius 2 is 1.93 bits per heavy atom. The van der Waals surface area contributed by atoms with Crippen molar-refractivity contribution in [3.63, 3.8) is 0 Å². The van der Waals surface area contributed by atoms with Gasteiger partial charge >= 0.3 is 0 Å². The van der Waals surface area contributed by atoms with Crippen molar-refractivity contribution in [2.24, 2.45) is 5.41 Å². The standard InChI is InChI=1S/C12H25NS/c1-11(2,3)8-9-13-10-12(14-4)6-5-7-12/h13H,5-10H2,1-4H3. The molecule has 1 saturated carbocycles. The van der Waals surface area contributed by atoms with Gasteiger partial charge in [-0.05, 0) is 37.5 Å². The Kier molecular flexibility index (Phi) is 4.32. The summed E-state index contributed by atoms with van der Waals surface area (Å²) in [7, 11) is 0. The van der Waals surface area contributed by atoms with Crippen LogP contribution in [0, 0.1) is 5.41 Å². The molecule has 0 unspecified atom stereocenters. The monoisotopic (exact) mass is 215 g/mol. The van der Waals surface area contributed by atoms with E-state index in [0.717, 1.165) is 0 Å². The first-order valence-corrected chi connectivity index (χ1v) is 6.96. The first-order chi connectivity index (χ1) is 6.47. The van der Waals surface area contributed by atoms with Gasteiger partial charge < -0.3 is 5.32 Å². The molecule has 1 nitrogen and oxygen atoms in total. The zero-order valence-corrected chi connectivity index (χ0v) is 11.0. The quantitative estimate of drug-likeness (QED) is 0.706. The minimum absolute atomic E-state index is 0.471. The molecule has 2 heteroatoms.